The average Bonchev–Trinajstić information content (AvgIpc) is 2.28. The first-order chi connectivity index (χ1) is 7.66. The maximum absolute atomic E-state index is 13.4. The molecule has 5 heteroatoms. The van der Waals surface area contributed by atoms with E-state index in [0.29, 0.717) is 6.42 Å². The number of aromatic nitrogens is 2. The van der Waals surface area contributed by atoms with Crippen molar-refractivity contribution in [2.75, 3.05) is 0 Å². The first-order valence-corrected chi connectivity index (χ1v) is 5.42. The molecule has 0 aliphatic rings. The molecule has 0 radical (unpaired) electrons. The minimum absolute atomic E-state index is 0.158. The van der Waals surface area contributed by atoms with Crippen LogP contribution in [-0.2, 0) is 6.42 Å². The van der Waals surface area contributed by atoms with Gasteiger partial charge in [0.2, 0.25) is 5.82 Å². The van der Waals surface area contributed by atoms with Crippen molar-refractivity contribution in [3.8, 4) is 0 Å². The fourth-order valence-electron chi connectivity index (χ4n) is 1.34. The van der Waals surface area contributed by atoms with Gasteiger partial charge < -0.3 is 4.98 Å². The zero-order chi connectivity index (χ0) is 11.5. The highest BCUT2D eigenvalue weighted by Crippen LogP contribution is 2.13. The molecule has 3 nitrogen and oxygen atoms in total. The van der Waals surface area contributed by atoms with Crippen LogP contribution in [-0.4, -0.2) is 9.97 Å². The summed E-state index contributed by atoms with van der Waals surface area (Å²) in [6.45, 7) is 0. The standard InChI is InChI=1S/C11H8BrFN2O/c12-8-3-1-7(2-4-8)5-9-10(13)11(16)15-6-14-9/h1-4,6H,5H2,(H,14,15,16). The molecule has 1 aromatic carbocycles. The van der Waals surface area contributed by atoms with E-state index in [2.05, 4.69) is 25.9 Å². The number of nitrogens with one attached hydrogen (secondary N) is 1. The molecule has 16 heavy (non-hydrogen) atoms. The van der Waals surface area contributed by atoms with Crippen molar-refractivity contribution >= 4 is 15.9 Å². The molecule has 0 aliphatic heterocycles. The van der Waals surface area contributed by atoms with E-state index in [1.165, 1.54) is 6.33 Å². The van der Waals surface area contributed by atoms with Crippen LogP contribution in [0.5, 0.6) is 0 Å². The van der Waals surface area contributed by atoms with Gasteiger partial charge in [-0.15, -0.1) is 0 Å². The molecule has 0 saturated heterocycles. The fraction of sp³-hybridized carbons (Fsp3) is 0.0909. The maximum atomic E-state index is 13.4. The Bertz CT molecular complexity index is 551. The largest absolute Gasteiger partial charge is 0.311 e. The summed E-state index contributed by atoms with van der Waals surface area (Å²) in [5, 5.41) is 0. The zero-order valence-electron chi connectivity index (χ0n) is 8.21. The summed E-state index contributed by atoms with van der Waals surface area (Å²) < 4.78 is 14.3. The third-order valence-electron chi connectivity index (χ3n) is 2.15. The lowest BCUT2D eigenvalue weighted by molar-refractivity contribution is 0.582. The summed E-state index contributed by atoms with van der Waals surface area (Å²) in [4.78, 5) is 17.0. The molecule has 1 aromatic heterocycles. The van der Waals surface area contributed by atoms with E-state index in [0.717, 1.165) is 10.0 Å². The molecule has 1 heterocycles. The molecular weight excluding hydrogens is 275 g/mol. The van der Waals surface area contributed by atoms with E-state index in [1.54, 1.807) is 0 Å². The number of halogens is 2. The van der Waals surface area contributed by atoms with Crippen molar-refractivity contribution in [3.63, 3.8) is 0 Å². The lowest BCUT2D eigenvalue weighted by atomic mass is 10.1. The number of nitrogens with zero attached hydrogens (tertiary/aromatic N) is 1. The van der Waals surface area contributed by atoms with Crippen LogP contribution in [0.3, 0.4) is 0 Å². The number of rotatable bonds is 2. The van der Waals surface area contributed by atoms with Gasteiger partial charge >= 0.3 is 0 Å². The SMILES string of the molecule is O=c1[nH]cnc(Cc2ccc(Br)cc2)c1F. The van der Waals surface area contributed by atoms with Crippen molar-refractivity contribution in [1.82, 2.24) is 9.97 Å². The first kappa shape index (κ1) is 11.0. The van der Waals surface area contributed by atoms with Crippen LogP contribution in [0.25, 0.3) is 0 Å². The molecule has 0 amide bonds. The monoisotopic (exact) mass is 282 g/mol. The Morgan fingerprint density at radius 3 is 2.69 bits per heavy atom. The van der Waals surface area contributed by atoms with Crippen LogP contribution in [0.4, 0.5) is 4.39 Å². The Labute approximate surface area is 99.5 Å². The molecule has 1 N–H and O–H groups in total. The van der Waals surface area contributed by atoms with E-state index in [4.69, 9.17) is 0 Å². The van der Waals surface area contributed by atoms with E-state index in [-0.39, 0.29) is 5.69 Å². The van der Waals surface area contributed by atoms with Gasteiger partial charge in [0, 0.05) is 10.9 Å². The van der Waals surface area contributed by atoms with Gasteiger partial charge in [0.1, 0.15) is 0 Å². The molecule has 0 unspecified atom stereocenters. The van der Waals surface area contributed by atoms with Crippen molar-refractivity contribution in [2.45, 2.75) is 6.42 Å². The quantitative estimate of drug-likeness (QED) is 0.919. The first-order valence-electron chi connectivity index (χ1n) is 4.63. The second kappa shape index (κ2) is 4.57. The molecule has 0 atom stereocenters. The Balaban J connectivity index is 2.30. The summed E-state index contributed by atoms with van der Waals surface area (Å²) in [5.41, 5.74) is 0.327. The van der Waals surface area contributed by atoms with Crippen LogP contribution in [0.15, 0.2) is 39.9 Å². The van der Waals surface area contributed by atoms with Gasteiger partial charge in [0.25, 0.3) is 5.56 Å². The normalized spacial score (nSPS) is 10.4. The lowest BCUT2D eigenvalue weighted by Crippen LogP contribution is -2.14. The number of hydrogen-bond acceptors (Lipinski definition) is 2. The number of H-pyrrole nitrogens is 1. The second-order valence-electron chi connectivity index (χ2n) is 3.30. The molecule has 0 fully saturated rings. The van der Waals surface area contributed by atoms with E-state index < -0.39 is 11.4 Å². The van der Waals surface area contributed by atoms with Gasteiger partial charge in [0.15, 0.2) is 0 Å². The van der Waals surface area contributed by atoms with Crippen LogP contribution < -0.4 is 5.56 Å². The molecular formula is C11H8BrFN2O. The van der Waals surface area contributed by atoms with Crippen LogP contribution in [0.1, 0.15) is 11.3 Å². The van der Waals surface area contributed by atoms with Gasteiger partial charge in [-0.25, -0.2) is 4.98 Å². The Hall–Kier alpha value is -1.49. The molecule has 0 bridgehead atoms. The van der Waals surface area contributed by atoms with Gasteiger partial charge in [0.05, 0.1) is 12.0 Å². The van der Waals surface area contributed by atoms with Gasteiger partial charge in [-0.3, -0.25) is 4.79 Å². The zero-order valence-corrected chi connectivity index (χ0v) is 9.79. The number of hydrogen-bond donors (Lipinski definition) is 1. The molecule has 0 aliphatic carbocycles. The van der Waals surface area contributed by atoms with E-state index >= 15 is 0 Å². The second-order valence-corrected chi connectivity index (χ2v) is 4.21. The van der Waals surface area contributed by atoms with Crippen LogP contribution >= 0.6 is 15.9 Å². The summed E-state index contributed by atoms with van der Waals surface area (Å²) in [7, 11) is 0. The minimum atomic E-state index is -0.814. The van der Waals surface area contributed by atoms with Crippen molar-refractivity contribution in [2.24, 2.45) is 0 Å². The smallest absolute Gasteiger partial charge is 0.287 e. The molecule has 0 spiro atoms. The molecule has 2 aromatic rings. The lowest BCUT2D eigenvalue weighted by Gasteiger charge is -2.01. The topological polar surface area (TPSA) is 45.8 Å². The highest BCUT2D eigenvalue weighted by atomic mass is 79.9. The van der Waals surface area contributed by atoms with E-state index in [1.807, 2.05) is 24.3 Å². The van der Waals surface area contributed by atoms with E-state index in [9.17, 15) is 9.18 Å². The third-order valence-corrected chi connectivity index (χ3v) is 2.68. The number of aromatic amines is 1. The van der Waals surface area contributed by atoms with Crippen LogP contribution in [0.2, 0.25) is 0 Å². The Kier molecular flexibility index (Phi) is 3.14. The minimum Gasteiger partial charge on any atom is -0.311 e. The predicted octanol–water partition coefficient (Wildman–Crippen LogP) is 2.26. The van der Waals surface area contributed by atoms with Gasteiger partial charge in [-0.05, 0) is 17.7 Å². The molecule has 0 saturated carbocycles. The Morgan fingerprint density at radius 2 is 2.00 bits per heavy atom. The van der Waals surface area contributed by atoms with Gasteiger partial charge in [-0.2, -0.15) is 4.39 Å². The highest BCUT2D eigenvalue weighted by Gasteiger charge is 2.08. The van der Waals surface area contributed by atoms with Gasteiger partial charge in [-0.1, -0.05) is 28.1 Å². The van der Waals surface area contributed by atoms with Crippen molar-refractivity contribution in [3.05, 3.63) is 62.5 Å². The maximum Gasteiger partial charge on any atom is 0.287 e. The Morgan fingerprint density at radius 1 is 1.31 bits per heavy atom. The number of benzene rings is 1. The summed E-state index contributed by atoms with van der Waals surface area (Å²) in [6.07, 6.45) is 1.52. The molecule has 2 rings (SSSR count). The fourth-order valence-corrected chi connectivity index (χ4v) is 1.60. The van der Waals surface area contributed by atoms with Crippen molar-refractivity contribution in [1.29, 1.82) is 0 Å². The molecule has 82 valence electrons. The predicted molar refractivity (Wildman–Crippen MR) is 61.8 cm³/mol. The summed E-state index contributed by atoms with van der Waals surface area (Å²) >= 11 is 3.31. The van der Waals surface area contributed by atoms with Crippen molar-refractivity contribution < 1.29 is 4.39 Å². The highest BCUT2D eigenvalue weighted by molar-refractivity contribution is 9.10. The summed E-state index contributed by atoms with van der Waals surface area (Å²) in [5.74, 6) is -0.814. The van der Waals surface area contributed by atoms with Crippen LogP contribution in [0, 0.1) is 5.82 Å². The average molecular weight is 283 g/mol. The third kappa shape index (κ3) is 2.36. The summed E-state index contributed by atoms with van der Waals surface area (Å²) in [6, 6.07) is 7.43.